The van der Waals surface area contributed by atoms with Gasteiger partial charge in [0.15, 0.2) is 10.8 Å². The summed E-state index contributed by atoms with van der Waals surface area (Å²) < 4.78 is 32.8. The van der Waals surface area contributed by atoms with Crippen molar-refractivity contribution in [3.05, 3.63) is 48.6 Å². The summed E-state index contributed by atoms with van der Waals surface area (Å²) in [6.07, 6.45) is 8.42. The van der Waals surface area contributed by atoms with Gasteiger partial charge < -0.3 is 20.2 Å². The minimum absolute atomic E-state index is 0.0790. The molecular weight excluding hydrogens is 496 g/mol. The number of amides is 2. The molecule has 1 aliphatic carbocycles. The first-order valence-corrected chi connectivity index (χ1v) is 14.5. The Morgan fingerprint density at radius 2 is 1.92 bits per heavy atom. The maximum Gasteiger partial charge on any atom is 0.287 e. The second-order valence-electron chi connectivity index (χ2n) is 10.1. The lowest BCUT2D eigenvalue weighted by atomic mass is 9.84. The van der Waals surface area contributed by atoms with Gasteiger partial charge in [0.25, 0.3) is 15.9 Å². The van der Waals surface area contributed by atoms with Crippen molar-refractivity contribution in [2.45, 2.75) is 87.5 Å². The van der Waals surface area contributed by atoms with Crippen LogP contribution in [0.4, 0.5) is 0 Å². The molecule has 3 N–H and O–H groups in total. The molecule has 37 heavy (non-hydrogen) atoms. The molecule has 1 aliphatic heterocycles. The van der Waals surface area contributed by atoms with Gasteiger partial charge in [0.2, 0.25) is 5.91 Å². The van der Waals surface area contributed by atoms with Crippen LogP contribution in [0.25, 0.3) is 0 Å². The van der Waals surface area contributed by atoms with Crippen LogP contribution in [-0.2, 0) is 14.8 Å². The third kappa shape index (κ3) is 6.77. The normalized spacial score (nSPS) is 24.6. The molecule has 0 spiro atoms. The van der Waals surface area contributed by atoms with Crippen LogP contribution in [0.15, 0.2) is 52.2 Å². The van der Waals surface area contributed by atoms with Gasteiger partial charge in [-0.3, -0.25) is 9.59 Å². The maximum atomic E-state index is 13.4. The zero-order chi connectivity index (χ0) is 26.4. The Balaban J connectivity index is 1.46. The highest BCUT2D eigenvalue weighted by Gasteiger charge is 2.38. The highest BCUT2D eigenvalue weighted by Crippen LogP contribution is 2.28. The number of rotatable bonds is 8. The fourth-order valence-electron chi connectivity index (χ4n) is 5.28. The van der Waals surface area contributed by atoms with E-state index in [1.54, 1.807) is 25.1 Å². The minimum atomic E-state index is -3.91. The highest BCUT2D eigenvalue weighted by atomic mass is 32.2. The molecule has 0 radical (unpaired) electrons. The molecule has 2 amide bonds. The molecule has 10 nitrogen and oxygen atoms in total. The summed E-state index contributed by atoms with van der Waals surface area (Å²) in [5, 5.41) is 16.6. The van der Waals surface area contributed by atoms with Gasteiger partial charge in [0.05, 0.1) is 18.4 Å². The number of β-amino-alcohol motifs (C(OH)–C–C–N with tert-alkyl or cyclic N) is 1. The standard InChI is InChI=1S/C26H36N4O6S/c1-18-12-13-20(22(31)17-30(18)37(34,35)24-11-5-6-14-27-24)28-25(32)21(16-19-8-3-2-4-9-19)29-26(33)23-10-7-15-36-23/h5-7,10-11,14-15,18-22,31H,2-4,8-9,12-13,16-17H2,1H3,(H,28,32)(H,29,33)/t18-,20+,21+,22+/m1/s1. The number of nitrogens with one attached hydrogen (secondary N) is 2. The van der Waals surface area contributed by atoms with Crippen molar-refractivity contribution < 1.29 is 27.5 Å². The van der Waals surface area contributed by atoms with Crippen molar-refractivity contribution in [2.75, 3.05) is 6.54 Å². The van der Waals surface area contributed by atoms with Crippen LogP contribution in [0, 0.1) is 5.92 Å². The second-order valence-corrected chi connectivity index (χ2v) is 11.9. The number of sulfonamides is 1. The van der Waals surface area contributed by atoms with Gasteiger partial charge in [-0.1, -0.05) is 38.2 Å². The first-order chi connectivity index (χ1) is 17.8. The molecule has 4 rings (SSSR count). The minimum Gasteiger partial charge on any atom is -0.459 e. The van der Waals surface area contributed by atoms with E-state index in [0.717, 1.165) is 25.7 Å². The van der Waals surface area contributed by atoms with Gasteiger partial charge in [-0.25, -0.2) is 13.4 Å². The topological polar surface area (TPSA) is 142 Å². The summed E-state index contributed by atoms with van der Waals surface area (Å²) in [6.45, 7) is 1.62. The van der Waals surface area contributed by atoms with Crippen LogP contribution in [0.5, 0.6) is 0 Å². The molecule has 0 unspecified atom stereocenters. The fourth-order valence-corrected chi connectivity index (χ4v) is 6.89. The molecule has 0 bridgehead atoms. The molecule has 3 heterocycles. The van der Waals surface area contributed by atoms with Crippen LogP contribution in [-0.4, -0.2) is 65.4 Å². The lowest BCUT2D eigenvalue weighted by Gasteiger charge is -2.29. The SMILES string of the molecule is C[C@@H]1CC[C@H](NC(=O)[C@H](CC2CCCCC2)NC(=O)c2ccco2)[C@@H](O)CN1S(=O)(=O)c1ccccn1. The van der Waals surface area contributed by atoms with Gasteiger partial charge in [-0.05, 0) is 56.4 Å². The smallest absolute Gasteiger partial charge is 0.287 e. The number of carbonyl (C=O) groups excluding carboxylic acids is 2. The number of nitrogens with zero attached hydrogens (tertiary/aromatic N) is 2. The van der Waals surface area contributed by atoms with Gasteiger partial charge in [0, 0.05) is 18.8 Å². The van der Waals surface area contributed by atoms with Crippen molar-refractivity contribution in [3.8, 4) is 0 Å². The number of pyridine rings is 1. The van der Waals surface area contributed by atoms with Gasteiger partial charge in [-0.15, -0.1) is 0 Å². The zero-order valence-electron chi connectivity index (χ0n) is 21.1. The number of carbonyl (C=O) groups is 2. The Morgan fingerprint density at radius 1 is 1.14 bits per heavy atom. The summed E-state index contributed by atoms with van der Waals surface area (Å²) >= 11 is 0. The van der Waals surface area contributed by atoms with Crippen molar-refractivity contribution in [1.29, 1.82) is 0 Å². The predicted molar refractivity (Wildman–Crippen MR) is 136 cm³/mol. The Labute approximate surface area is 217 Å². The summed E-state index contributed by atoms with van der Waals surface area (Å²) in [4.78, 5) is 30.1. The number of aliphatic hydroxyl groups excluding tert-OH is 1. The maximum absolute atomic E-state index is 13.4. The van der Waals surface area contributed by atoms with Crippen LogP contribution in [0.2, 0.25) is 0 Å². The number of aromatic nitrogens is 1. The number of furan rings is 1. The monoisotopic (exact) mass is 532 g/mol. The molecule has 1 saturated carbocycles. The Kier molecular flexibility index (Phi) is 8.99. The van der Waals surface area contributed by atoms with Crippen LogP contribution in [0.1, 0.15) is 68.8 Å². The molecule has 4 atom stereocenters. The predicted octanol–water partition coefficient (Wildman–Crippen LogP) is 2.46. The van der Waals surface area contributed by atoms with Gasteiger partial charge in [0.1, 0.15) is 6.04 Å². The Bertz CT molecular complexity index is 1140. The van der Waals surface area contributed by atoms with Crippen LogP contribution < -0.4 is 10.6 Å². The average molecular weight is 533 g/mol. The van der Waals surface area contributed by atoms with E-state index in [9.17, 15) is 23.1 Å². The van der Waals surface area contributed by atoms with Crippen LogP contribution >= 0.6 is 0 Å². The van der Waals surface area contributed by atoms with E-state index < -0.39 is 34.1 Å². The van der Waals surface area contributed by atoms with Crippen molar-refractivity contribution in [3.63, 3.8) is 0 Å². The zero-order valence-corrected chi connectivity index (χ0v) is 21.9. The van der Waals surface area contributed by atoms with E-state index in [2.05, 4.69) is 15.6 Å². The Morgan fingerprint density at radius 3 is 2.59 bits per heavy atom. The van der Waals surface area contributed by atoms with Gasteiger partial charge >= 0.3 is 0 Å². The van der Waals surface area contributed by atoms with Gasteiger partial charge in [-0.2, -0.15) is 4.31 Å². The van der Waals surface area contributed by atoms with Crippen LogP contribution in [0.3, 0.4) is 0 Å². The number of aliphatic hydroxyl groups is 1. The first-order valence-electron chi connectivity index (χ1n) is 13.0. The van der Waals surface area contributed by atoms with E-state index in [1.165, 1.54) is 35.3 Å². The molecular formula is C26H36N4O6S. The molecule has 2 aliphatic rings. The van der Waals surface area contributed by atoms with E-state index in [-0.39, 0.29) is 29.3 Å². The average Bonchev–Trinajstić information content (AvgIpc) is 3.40. The second kappa shape index (κ2) is 12.2. The molecule has 0 aromatic carbocycles. The van der Waals surface area contributed by atoms with E-state index in [0.29, 0.717) is 25.2 Å². The van der Waals surface area contributed by atoms with Crippen molar-refractivity contribution >= 4 is 21.8 Å². The lowest BCUT2D eigenvalue weighted by Crippen LogP contribution is -2.54. The quantitative estimate of drug-likeness (QED) is 0.474. The largest absolute Gasteiger partial charge is 0.459 e. The molecule has 11 heteroatoms. The third-order valence-corrected chi connectivity index (χ3v) is 9.31. The molecule has 202 valence electrons. The molecule has 2 fully saturated rings. The van der Waals surface area contributed by atoms with E-state index >= 15 is 0 Å². The van der Waals surface area contributed by atoms with Crippen molar-refractivity contribution in [1.82, 2.24) is 19.9 Å². The number of hydrogen-bond acceptors (Lipinski definition) is 7. The fraction of sp³-hybridized carbons (Fsp3) is 0.577. The molecule has 2 aromatic heterocycles. The lowest BCUT2D eigenvalue weighted by molar-refractivity contribution is -0.125. The van der Waals surface area contributed by atoms with E-state index in [1.807, 2.05) is 0 Å². The first kappa shape index (κ1) is 27.3. The summed E-state index contributed by atoms with van der Waals surface area (Å²) in [5.74, 6) is -0.411. The summed E-state index contributed by atoms with van der Waals surface area (Å²) in [7, 11) is -3.91. The highest BCUT2D eigenvalue weighted by molar-refractivity contribution is 7.89. The molecule has 2 aromatic rings. The summed E-state index contributed by atoms with van der Waals surface area (Å²) in [6, 6.07) is 5.98. The number of hydrogen-bond donors (Lipinski definition) is 3. The molecule has 1 saturated heterocycles. The van der Waals surface area contributed by atoms with E-state index in [4.69, 9.17) is 4.42 Å². The summed E-state index contributed by atoms with van der Waals surface area (Å²) in [5.41, 5.74) is 0. The Hall–Kier alpha value is -2.76. The van der Waals surface area contributed by atoms with Crippen molar-refractivity contribution in [2.24, 2.45) is 5.92 Å². The third-order valence-electron chi connectivity index (χ3n) is 7.42.